The number of fused-ring (bicyclic) bond motifs is 1. The first-order chi connectivity index (χ1) is 14.0. The number of halogens is 1. The summed E-state index contributed by atoms with van der Waals surface area (Å²) in [6.07, 6.45) is 4.45. The van der Waals surface area contributed by atoms with Crippen LogP contribution in [0, 0.1) is 0 Å². The average molecular weight is 427 g/mol. The molecule has 1 amide bonds. The van der Waals surface area contributed by atoms with Crippen molar-refractivity contribution in [1.29, 1.82) is 0 Å². The van der Waals surface area contributed by atoms with E-state index in [0.717, 1.165) is 46.1 Å². The lowest BCUT2D eigenvalue weighted by molar-refractivity contribution is -0.111. The van der Waals surface area contributed by atoms with E-state index < -0.39 is 0 Å². The summed E-state index contributed by atoms with van der Waals surface area (Å²) in [5.74, 6) is -0.169. The molecule has 0 saturated carbocycles. The molecule has 1 atom stereocenters. The van der Waals surface area contributed by atoms with Gasteiger partial charge in [0.25, 0.3) is 0 Å². The molecule has 0 spiro atoms. The second kappa shape index (κ2) is 8.53. The zero-order valence-electron chi connectivity index (χ0n) is 16.4. The molecule has 1 aliphatic heterocycles. The Balaban J connectivity index is 1.43. The molecule has 0 aliphatic carbocycles. The Bertz CT molecular complexity index is 1040. The fourth-order valence-corrected chi connectivity index (χ4v) is 4.56. The lowest BCUT2D eigenvalue weighted by atomic mass is 10.2. The molecule has 2 aromatic carbocycles. The molecular formula is C22H23ClN4OS. The molecular weight excluding hydrogens is 404 g/mol. The molecule has 1 aromatic heterocycles. The molecule has 1 fully saturated rings. The van der Waals surface area contributed by atoms with Crippen molar-refractivity contribution >= 4 is 56.0 Å². The van der Waals surface area contributed by atoms with E-state index in [9.17, 15) is 4.79 Å². The van der Waals surface area contributed by atoms with Gasteiger partial charge in [-0.05, 0) is 62.5 Å². The highest BCUT2D eigenvalue weighted by Gasteiger charge is 2.26. The van der Waals surface area contributed by atoms with Gasteiger partial charge in [0.15, 0.2) is 5.13 Å². The molecule has 0 radical (unpaired) electrons. The Hall–Kier alpha value is -2.41. The maximum absolute atomic E-state index is 12.3. The molecule has 1 unspecified atom stereocenters. The van der Waals surface area contributed by atoms with Gasteiger partial charge in [-0.3, -0.25) is 4.79 Å². The molecule has 1 saturated heterocycles. The number of anilines is 2. The third-order valence-corrected chi connectivity index (χ3v) is 6.44. The molecule has 4 rings (SSSR count). The number of benzene rings is 2. The van der Waals surface area contributed by atoms with Gasteiger partial charge in [0.1, 0.15) is 0 Å². The van der Waals surface area contributed by atoms with Crippen molar-refractivity contribution in [3.63, 3.8) is 0 Å². The van der Waals surface area contributed by atoms with Crippen molar-refractivity contribution in [3.8, 4) is 0 Å². The number of likely N-dealkylation sites (N-methyl/N-ethyl adjacent to an activating group) is 1. The molecule has 3 aromatic rings. The predicted octanol–water partition coefficient (Wildman–Crippen LogP) is 4.74. The van der Waals surface area contributed by atoms with Crippen LogP contribution < -0.4 is 10.2 Å². The fourth-order valence-electron chi connectivity index (χ4n) is 3.39. The second-order valence-electron chi connectivity index (χ2n) is 7.41. The van der Waals surface area contributed by atoms with E-state index in [2.05, 4.69) is 29.2 Å². The van der Waals surface area contributed by atoms with E-state index in [1.807, 2.05) is 30.3 Å². The standard InChI is InChI=1S/C22H23ClN4OS/c1-26(2)18-11-12-27(14-18)22-25-19-9-8-17(13-20(19)29-22)24-21(28)10-5-15-3-6-16(23)7-4-15/h3-10,13,18H,11-12,14H2,1-2H3,(H,24,28). The number of amides is 1. The first-order valence-electron chi connectivity index (χ1n) is 9.54. The highest BCUT2D eigenvalue weighted by molar-refractivity contribution is 7.22. The van der Waals surface area contributed by atoms with Gasteiger partial charge in [-0.15, -0.1) is 0 Å². The Morgan fingerprint density at radius 1 is 1.28 bits per heavy atom. The largest absolute Gasteiger partial charge is 0.346 e. The van der Waals surface area contributed by atoms with Crippen molar-refractivity contribution < 1.29 is 4.79 Å². The SMILES string of the molecule is CN(C)C1CCN(c2nc3ccc(NC(=O)C=Cc4ccc(Cl)cc4)cc3s2)C1. The number of nitrogens with one attached hydrogen (secondary N) is 1. The summed E-state index contributed by atoms with van der Waals surface area (Å²) in [6.45, 7) is 2.04. The van der Waals surface area contributed by atoms with Crippen molar-refractivity contribution in [2.24, 2.45) is 0 Å². The van der Waals surface area contributed by atoms with Crippen molar-refractivity contribution in [1.82, 2.24) is 9.88 Å². The van der Waals surface area contributed by atoms with Gasteiger partial charge in [-0.1, -0.05) is 35.1 Å². The summed E-state index contributed by atoms with van der Waals surface area (Å²) in [5, 5.41) is 4.65. The smallest absolute Gasteiger partial charge is 0.248 e. The first-order valence-corrected chi connectivity index (χ1v) is 10.7. The van der Waals surface area contributed by atoms with Crippen LogP contribution in [0.4, 0.5) is 10.8 Å². The Labute approximate surface area is 179 Å². The van der Waals surface area contributed by atoms with Crippen LogP contribution in [0.15, 0.2) is 48.5 Å². The van der Waals surface area contributed by atoms with Crippen LogP contribution in [-0.2, 0) is 4.79 Å². The van der Waals surface area contributed by atoms with Crippen molar-refractivity contribution in [3.05, 3.63) is 59.1 Å². The quantitative estimate of drug-likeness (QED) is 0.598. The van der Waals surface area contributed by atoms with Gasteiger partial charge in [0, 0.05) is 35.9 Å². The van der Waals surface area contributed by atoms with Gasteiger partial charge in [-0.2, -0.15) is 0 Å². The van der Waals surface area contributed by atoms with Crippen LogP contribution in [0.1, 0.15) is 12.0 Å². The third kappa shape index (κ3) is 4.78. The van der Waals surface area contributed by atoms with E-state index >= 15 is 0 Å². The summed E-state index contributed by atoms with van der Waals surface area (Å²) >= 11 is 7.56. The van der Waals surface area contributed by atoms with Gasteiger partial charge < -0.3 is 15.1 Å². The highest BCUT2D eigenvalue weighted by atomic mass is 35.5. The van der Waals surface area contributed by atoms with Crippen LogP contribution in [0.2, 0.25) is 5.02 Å². The minimum Gasteiger partial charge on any atom is -0.346 e. The van der Waals surface area contributed by atoms with Crippen molar-refractivity contribution in [2.75, 3.05) is 37.4 Å². The van der Waals surface area contributed by atoms with E-state index in [1.165, 1.54) is 6.08 Å². The van der Waals surface area contributed by atoms with Crippen molar-refractivity contribution in [2.45, 2.75) is 12.5 Å². The normalized spacial score (nSPS) is 17.0. The Morgan fingerprint density at radius 2 is 2.07 bits per heavy atom. The first kappa shape index (κ1) is 19.9. The number of hydrogen-bond acceptors (Lipinski definition) is 5. The van der Waals surface area contributed by atoms with E-state index in [0.29, 0.717) is 11.1 Å². The topological polar surface area (TPSA) is 48.5 Å². The molecule has 2 heterocycles. The Kier molecular flexibility index (Phi) is 5.85. The van der Waals surface area contributed by atoms with Gasteiger partial charge in [0.2, 0.25) is 5.91 Å². The number of aromatic nitrogens is 1. The lowest BCUT2D eigenvalue weighted by Gasteiger charge is -2.19. The highest BCUT2D eigenvalue weighted by Crippen LogP contribution is 2.33. The summed E-state index contributed by atoms with van der Waals surface area (Å²) < 4.78 is 1.08. The molecule has 5 nitrogen and oxygen atoms in total. The number of carbonyl (C=O) groups excluding carboxylic acids is 1. The third-order valence-electron chi connectivity index (χ3n) is 5.11. The monoisotopic (exact) mass is 426 g/mol. The number of carbonyl (C=O) groups is 1. The van der Waals surface area contributed by atoms with Crippen LogP contribution >= 0.6 is 22.9 Å². The van der Waals surface area contributed by atoms with Gasteiger partial charge in [0.05, 0.1) is 10.2 Å². The molecule has 1 aliphatic rings. The van der Waals surface area contributed by atoms with Gasteiger partial charge >= 0.3 is 0 Å². The molecule has 0 bridgehead atoms. The maximum Gasteiger partial charge on any atom is 0.248 e. The van der Waals surface area contributed by atoms with E-state index in [4.69, 9.17) is 16.6 Å². The number of nitrogens with zero attached hydrogens (tertiary/aromatic N) is 3. The number of hydrogen-bond donors (Lipinski definition) is 1. The second-order valence-corrected chi connectivity index (χ2v) is 8.85. The van der Waals surface area contributed by atoms with Crippen LogP contribution in [-0.4, -0.2) is 49.0 Å². The molecule has 7 heteroatoms. The average Bonchev–Trinajstić information content (AvgIpc) is 3.34. The summed E-state index contributed by atoms with van der Waals surface area (Å²) in [4.78, 5) is 21.7. The molecule has 29 heavy (non-hydrogen) atoms. The van der Waals surface area contributed by atoms with E-state index in [1.54, 1.807) is 29.5 Å². The number of thiazole rings is 1. The fraction of sp³-hybridized carbons (Fsp3) is 0.273. The van der Waals surface area contributed by atoms with Gasteiger partial charge in [-0.25, -0.2) is 4.98 Å². The predicted molar refractivity (Wildman–Crippen MR) is 123 cm³/mol. The van der Waals surface area contributed by atoms with E-state index in [-0.39, 0.29) is 5.91 Å². The molecule has 1 N–H and O–H groups in total. The van der Waals surface area contributed by atoms with Crippen LogP contribution in [0.3, 0.4) is 0 Å². The lowest BCUT2D eigenvalue weighted by Crippen LogP contribution is -2.31. The minimum atomic E-state index is -0.169. The zero-order chi connectivity index (χ0) is 20.4. The van der Waals surface area contributed by atoms with Crippen LogP contribution in [0.5, 0.6) is 0 Å². The Morgan fingerprint density at radius 3 is 2.79 bits per heavy atom. The van der Waals surface area contributed by atoms with Crippen LogP contribution in [0.25, 0.3) is 16.3 Å². The summed E-state index contributed by atoms with van der Waals surface area (Å²) in [7, 11) is 4.26. The summed E-state index contributed by atoms with van der Waals surface area (Å²) in [5.41, 5.74) is 2.66. The zero-order valence-corrected chi connectivity index (χ0v) is 18.0. The molecule has 150 valence electrons. The minimum absolute atomic E-state index is 0.169. The maximum atomic E-state index is 12.3. The number of rotatable bonds is 5. The summed E-state index contributed by atoms with van der Waals surface area (Å²) in [6, 6.07) is 13.8.